The summed E-state index contributed by atoms with van der Waals surface area (Å²) in [5, 5.41) is 12.7. The van der Waals surface area contributed by atoms with Gasteiger partial charge < -0.3 is 0 Å². The van der Waals surface area contributed by atoms with Crippen molar-refractivity contribution in [2.45, 2.75) is 13.8 Å². The highest BCUT2D eigenvalue weighted by Gasteiger charge is 2.24. The van der Waals surface area contributed by atoms with E-state index in [4.69, 9.17) is 9.25 Å². The molecular formula is C10H14N8O3P+. The van der Waals surface area contributed by atoms with Crippen LogP contribution in [0.4, 0.5) is 0 Å². The third kappa shape index (κ3) is 4.19. The average molecular weight is 325 g/mol. The highest BCUT2D eigenvalue weighted by Crippen LogP contribution is 2.23. The maximum Gasteiger partial charge on any atom is 0.746 e. The zero-order valence-corrected chi connectivity index (χ0v) is 12.7. The van der Waals surface area contributed by atoms with E-state index in [0.717, 1.165) is 0 Å². The normalized spacial score (nSPS) is 13.1. The Morgan fingerprint density at radius 3 is 1.82 bits per heavy atom. The molecule has 0 aliphatic heterocycles. The monoisotopic (exact) mass is 325 g/mol. The summed E-state index contributed by atoms with van der Waals surface area (Å²) in [6.45, 7) is 3.50. The summed E-state index contributed by atoms with van der Waals surface area (Å²) in [5.74, 6) is 0.879. The molecule has 2 aromatic heterocycles. The Morgan fingerprint density at radius 2 is 1.50 bits per heavy atom. The van der Waals surface area contributed by atoms with Crippen molar-refractivity contribution in [3.63, 3.8) is 0 Å². The maximum absolute atomic E-state index is 11.7. The quantitative estimate of drug-likeness (QED) is 0.413. The van der Waals surface area contributed by atoms with Crippen LogP contribution in [0.5, 0.6) is 0 Å². The minimum Gasteiger partial charge on any atom is -0.258 e. The second kappa shape index (κ2) is 7.98. The summed E-state index contributed by atoms with van der Waals surface area (Å²) in [6, 6.07) is 0. The SMILES string of the molecule is CC=C(NO[P+](=O)ONC(=CC)c1ncn[nH]1)c1ncn[nH]1. The van der Waals surface area contributed by atoms with Crippen LogP contribution in [0.2, 0.25) is 0 Å². The Morgan fingerprint density at radius 1 is 1.05 bits per heavy atom. The second-order valence-corrected chi connectivity index (χ2v) is 4.50. The predicted molar refractivity (Wildman–Crippen MR) is 76.1 cm³/mol. The van der Waals surface area contributed by atoms with Gasteiger partial charge in [-0.05, 0) is 13.8 Å². The third-order valence-corrected chi connectivity index (χ3v) is 2.86. The lowest BCUT2D eigenvalue weighted by Gasteiger charge is -2.01. The van der Waals surface area contributed by atoms with E-state index >= 15 is 0 Å². The van der Waals surface area contributed by atoms with Gasteiger partial charge >= 0.3 is 8.25 Å². The fourth-order valence-electron chi connectivity index (χ4n) is 1.35. The summed E-state index contributed by atoms with van der Waals surface area (Å²) >= 11 is 0. The minimum absolute atomic E-state index is 0.440. The molecule has 0 unspecified atom stereocenters. The number of nitrogens with one attached hydrogen (secondary N) is 4. The average Bonchev–Trinajstić information content (AvgIpc) is 3.22. The summed E-state index contributed by atoms with van der Waals surface area (Å²) in [7, 11) is -2.49. The van der Waals surface area contributed by atoms with Crippen molar-refractivity contribution in [3.05, 3.63) is 36.5 Å². The summed E-state index contributed by atoms with van der Waals surface area (Å²) < 4.78 is 21.4. The number of allylic oxidation sites excluding steroid dienone is 2. The van der Waals surface area contributed by atoms with Crippen molar-refractivity contribution >= 4 is 19.6 Å². The summed E-state index contributed by atoms with van der Waals surface area (Å²) in [4.78, 5) is 7.86. The summed E-state index contributed by atoms with van der Waals surface area (Å²) in [5.41, 5.74) is 5.87. The molecule has 0 bridgehead atoms. The van der Waals surface area contributed by atoms with Crippen molar-refractivity contribution < 1.29 is 13.8 Å². The van der Waals surface area contributed by atoms with Gasteiger partial charge in [0.25, 0.3) is 0 Å². The van der Waals surface area contributed by atoms with Crippen LogP contribution in [-0.4, -0.2) is 30.4 Å². The van der Waals surface area contributed by atoms with E-state index in [-0.39, 0.29) is 0 Å². The van der Waals surface area contributed by atoms with E-state index in [1.54, 1.807) is 26.0 Å². The molecule has 0 fully saturated rings. The fourth-order valence-corrected chi connectivity index (χ4v) is 1.73. The molecule has 11 nitrogen and oxygen atoms in total. The van der Waals surface area contributed by atoms with E-state index < -0.39 is 8.25 Å². The minimum atomic E-state index is -2.49. The number of nitrogens with zero attached hydrogens (tertiary/aromatic N) is 4. The topological polar surface area (TPSA) is 143 Å². The Labute approximate surface area is 126 Å². The Balaban J connectivity index is 1.81. The van der Waals surface area contributed by atoms with E-state index in [1.165, 1.54) is 12.7 Å². The molecular weight excluding hydrogens is 311 g/mol. The lowest BCUT2D eigenvalue weighted by atomic mass is 10.4. The first-order valence-corrected chi connectivity index (χ1v) is 7.21. The van der Waals surface area contributed by atoms with Crippen molar-refractivity contribution in [2.24, 2.45) is 0 Å². The van der Waals surface area contributed by atoms with Gasteiger partial charge in [0.05, 0.1) is 0 Å². The van der Waals surface area contributed by atoms with Crippen LogP contribution >= 0.6 is 8.25 Å². The highest BCUT2D eigenvalue weighted by atomic mass is 31.1. The summed E-state index contributed by atoms with van der Waals surface area (Å²) in [6.07, 6.45) is 6.02. The molecule has 2 aromatic rings. The van der Waals surface area contributed by atoms with Crippen molar-refractivity contribution in [1.29, 1.82) is 0 Å². The molecule has 0 saturated carbocycles. The number of aromatic nitrogens is 6. The molecule has 2 heterocycles. The first kappa shape index (κ1) is 15.8. The van der Waals surface area contributed by atoms with Gasteiger partial charge in [0.1, 0.15) is 24.0 Å². The standard InChI is InChI=1S/C10H14N8O3P/c1-3-7(9-11-5-13-15-9)17-20-22(19)21-18-8(4-2)10-12-6-14-16-10/h3-6,17-18H,1-2H3,(H,11,13,15)(H,12,14,16)/q+1. The van der Waals surface area contributed by atoms with Gasteiger partial charge in [-0.1, -0.05) is 12.2 Å². The zero-order chi connectivity index (χ0) is 15.8. The Hall–Kier alpha value is -2.62. The first-order chi connectivity index (χ1) is 10.7. The van der Waals surface area contributed by atoms with Crippen molar-refractivity contribution in [3.8, 4) is 0 Å². The van der Waals surface area contributed by atoms with Gasteiger partial charge in [-0.25, -0.2) is 20.9 Å². The van der Waals surface area contributed by atoms with Gasteiger partial charge in [0.2, 0.25) is 0 Å². The van der Waals surface area contributed by atoms with Crippen LogP contribution in [0.25, 0.3) is 11.4 Å². The van der Waals surface area contributed by atoms with Gasteiger partial charge in [-0.15, -0.1) is 0 Å². The molecule has 0 aromatic carbocycles. The molecule has 2 rings (SSSR count). The Kier molecular flexibility index (Phi) is 5.72. The fraction of sp³-hybridized carbons (Fsp3) is 0.200. The van der Waals surface area contributed by atoms with Crippen LogP contribution in [0.3, 0.4) is 0 Å². The smallest absolute Gasteiger partial charge is 0.258 e. The van der Waals surface area contributed by atoms with Crippen molar-refractivity contribution in [1.82, 2.24) is 41.3 Å². The molecule has 0 saturated heterocycles. The van der Waals surface area contributed by atoms with Crippen LogP contribution < -0.4 is 11.0 Å². The highest BCUT2D eigenvalue weighted by molar-refractivity contribution is 7.33. The molecule has 4 N–H and O–H groups in total. The molecule has 12 heteroatoms. The lowest BCUT2D eigenvalue weighted by Crippen LogP contribution is -2.14. The van der Waals surface area contributed by atoms with E-state index in [1.807, 2.05) is 0 Å². The van der Waals surface area contributed by atoms with Crippen LogP contribution in [0.1, 0.15) is 25.5 Å². The molecule has 0 radical (unpaired) electrons. The maximum atomic E-state index is 11.7. The number of rotatable bonds is 8. The predicted octanol–water partition coefficient (Wildman–Crippen LogP) is 1.04. The number of hydrogen-bond donors (Lipinski definition) is 4. The molecule has 116 valence electrons. The number of hydrogen-bond acceptors (Lipinski definition) is 9. The third-order valence-electron chi connectivity index (χ3n) is 2.38. The van der Waals surface area contributed by atoms with E-state index in [0.29, 0.717) is 23.0 Å². The molecule has 0 aliphatic rings. The number of H-pyrrole nitrogens is 2. The molecule has 0 aliphatic carbocycles. The molecule has 22 heavy (non-hydrogen) atoms. The van der Waals surface area contributed by atoms with Crippen molar-refractivity contribution in [2.75, 3.05) is 0 Å². The molecule has 0 amide bonds. The first-order valence-electron chi connectivity index (χ1n) is 6.12. The lowest BCUT2D eigenvalue weighted by molar-refractivity contribution is 0.164. The van der Waals surface area contributed by atoms with Gasteiger partial charge in [-0.2, -0.15) is 10.2 Å². The number of hydroxylamine groups is 2. The van der Waals surface area contributed by atoms with Gasteiger partial charge in [0, 0.05) is 13.8 Å². The van der Waals surface area contributed by atoms with E-state index in [9.17, 15) is 4.57 Å². The Bertz CT molecular complexity index is 596. The van der Waals surface area contributed by atoms with Crippen LogP contribution in [0, 0.1) is 0 Å². The number of aromatic amines is 2. The van der Waals surface area contributed by atoms with Gasteiger partial charge in [0.15, 0.2) is 11.6 Å². The largest absolute Gasteiger partial charge is 0.746 e. The van der Waals surface area contributed by atoms with Crippen LogP contribution in [0.15, 0.2) is 24.8 Å². The zero-order valence-electron chi connectivity index (χ0n) is 11.8. The molecule has 0 atom stereocenters. The second-order valence-electron chi connectivity index (χ2n) is 3.68. The van der Waals surface area contributed by atoms with Crippen LogP contribution in [-0.2, 0) is 13.8 Å². The van der Waals surface area contributed by atoms with Gasteiger partial charge in [-0.3, -0.25) is 10.2 Å². The van der Waals surface area contributed by atoms with E-state index in [2.05, 4.69) is 41.3 Å². The molecule has 0 spiro atoms.